The smallest absolute Gasteiger partial charge is 0.193 e. The van der Waals surface area contributed by atoms with Gasteiger partial charge in [0.25, 0.3) is 0 Å². The molecule has 3 aromatic rings. The third-order valence-electron chi connectivity index (χ3n) is 5.06. The van der Waals surface area contributed by atoms with Gasteiger partial charge in [0.2, 0.25) is 0 Å². The number of ketones is 1. The Kier molecular flexibility index (Phi) is 6.35. The maximum atomic E-state index is 13.2. The molecule has 0 radical (unpaired) electrons. The van der Waals surface area contributed by atoms with Crippen LogP contribution in [0.25, 0.3) is 0 Å². The molecule has 0 bridgehead atoms. The summed E-state index contributed by atoms with van der Waals surface area (Å²) in [5.41, 5.74) is 3.96. The van der Waals surface area contributed by atoms with Crippen LogP contribution < -0.4 is 15.4 Å². The first-order valence-electron chi connectivity index (χ1n) is 9.86. The summed E-state index contributed by atoms with van der Waals surface area (Å²) in [6, 6.07) is 24.2. The summed E-state index contributed by atoms with van der Waals surface area (Å²) in [6.45, 7) is 2.30. The summed E-state index contributed by atoms with van der Waals surface area (Å²) in [5, 5.41) is 7.49. The van der Waals surface area contributed by atoms with Crippen LogP contribution in [0.5, 0.6) is 5.75 Å². The molecule has 0 aromatic heterocycles. The highest BCUT2D eigenvalue weighted by molar-refractivity contribution is 7.80. The van der Waals surface area contributed by atoms with Gasteiger partial charge in [-0.05, 0) is 54.5 Å². The number of benzene rings is 3. The first-order chi connectivity index (χ1) is 15.0. The van der Waals surface area contributed by atoms with Gasteiger partial charge in [-0.15, -0.1) is 0 Å². The van der Waals surface area contributed by atoms with E-state index >= 15 is 0 Å². The van der Waals surface area contributed by atoms with Crippen molar-refractivity contribution in [2.45, 2.75) is 19.6 Å². The van der Waals surface area contributed by atoms with Crippen molar-refractivity contribution in [3.05, 3.63) is 112 Å². The molecule has 0 spiro atoms. The molecular formula is C25H21ClN2O2S. The van der Waals surface area contributed by atoms with Crippen LogP contribution in [-0.4, -0.2) is 10.9 Å². The van der Waals surface area contributed by atoms with Crippen molar-refractivity contribution in [2.75, 3.05) is 0 Å². The highest BCUT2D eigenvalue weighted by Gasteiger charge is 2.30. The molecule has 31 heavy (non-hydrogen) atoms. The zero-order chi connectivity index (χ0) is 21.8. The van der Waals surface area contributed by atoms with Gasteiger partial charge in [-0.1, -0.05) is 66.2 Å². The summed E-state index contributed by atoms with van der Waals surface area (Å²) in [6.07, 6.45) is 0. The normalized spacial score (nSPS) is 15.8. The van der Waals surface area contributed by atoms with Crippen LogP contribution in [0.1, 0.15) is 34.5 Å². The van der Waals surface area contributed by atoms with Crippen LogP contribution in [0.15, 0.2) is 90.1 Å². The van der Waals surface area contributed by atoms with Crippen molar-refractivity contribution >= 4 is 34.7 Å². The Labute approximate surface area is 191 Å². The number of ether oxygens (including phenoxy) is 1. The van der Waals surface area contributed by atoms with E-state index in [1.807, 2.05) is 85.8 Å². The van der Waals surface area contributed by atoms with E-state index < -0.39 is 0 Å². The van der Waals surface area contributed by atoms with Gasteiger partial charge in [0, 0.05) is 21.9 Å². The van der Waals surface area contributed by atoms with Crippen LogP contribution in [-0.2, 0) is 6.61 Å². The summed E-state index contributed by atoms with van der Waals surface area (Å²) in [5.74, 6) is 0.698. The summed E-state index contributed by atoms with van der Waals surface area (Å²) >= 11 is 11.4. The Bertz CT molecular complexity index is 1140. The molecule has 3 aromatic carbocycles. The van der Waals surface area contributed by atoms with Crippen molar-refractivity contribution in [2.24, 2.45) is 0 Å². The summed E-state index contributed by atoms with van der Waals surface area (Å²) in [7, 11) is 0. The SMILES string of the molecule is CC1=C(C(=O)c2ccccc2)C(c2ccc(OCc3cccc(Cl)c3)cc2)NC(=S)N1. The van der Waals surface area contributed by atoms with Crippen molar-refractivity contribution < 1.29 is 9.53 Å². The van der Waals surface area contributed by atoms with Gasteiger partial charge in [-0.25, -0.2) is 0 Å². The predicted octanol–water partition coefficient (Wildman–Crippen LogP) is 5.59. The molecule has 1 aliphatic heterocycles. The fourth-order valence-corrected chi connectivity index (χ4v) is 4.02. The van der Waals surface area contributed by atoms with Crippen molar-refractivity contribution in [3.8, 4) is 5.75 Å². The lowest BCUT2D eigenvalue weighted by Crippen LogP contribution is -2.44. The number of carbonyl (C=O) groups is 1. The monoisotopic (exact) mass is 448 g/mol. The second kappa shape index (κ2) is 9.33. The maximum absolute atomic E-state index is 13.2. The molecule has 1 atom stereocenters. The first kappa shape index (κ1) is 21.1. The Balaban J connectivity index is 1.55. The molecule has 156 valence electrons. The molecule has 1 aliphatic rings. The number of allylic oxidation sites excluding steroid dienone is 1. The minimum atomic E-state index is -0.344. The van der Waals surface area contributed by atoms with Crippen LogP contribution in [0, 0.1) is 0 Å². The minimum absolute atomic E-state index is 0.0353. The number of thiocarbonyl (C=S) groups is 1. The lowest BCUT2D eigenvalue weighted by atomic mass is 9.90. The second-order valence-corrected chi connectivity index (χ2v) is 8.10. The van der Waals surface area contributed by atoms with Gasteiger partial charge in [0.15, 0.2) is 10.9 Å². The van der Waals surface area contributed by atoms with E-state index in [0.717, 1.165) is 22.6 Å². The molecule has 6 heteroatoms. The second-order valence-electron chi connectivity index (χ2n) is 7.25. The van der Waals surface area contributed by atoms with Gasteiger partial charge < -0.3 is 15.4 Å². The fraction of sp³-hybridized carbons (Fsp3) is 0.120. The molecule has 2 N–H and O–H groups in total. The molecule has 0 saturated heterocycles. The average molecular weight is 449 g/mol. The largest absolute Gasteiger partial charge is 0.489 e. The highest BCUT2D eigenvalue weighted by Crippen LogP contribution is 2.30. The van der Waals surface area contributed by atoms with E-state index in [0.29, 0.717) is 27.9 Å². The number of nitrogens with one attached hydrogen (secondary N) is 2. The number of carbonyl (C=O) groups excluding carboxylic acids is 1. The molecule has 0 amide bonds. The predicted molar refractivity (Wildman–Crippen MR) is 127 cm³/mol. The van der Waals surface area contributed by atoms with E-state index in [4.69, 9.17) is 28.6 Å². The number of rotatable bonds is 6. The van der Waals surface area contributed by atoms with E-state index in [9.17, 15) is 4.79 Å². The lowest BCUT2D eigenvalue weighted by molar-refractivity contribution is 0.102. The molecule has 0 aliphatic carbocycles. The van der Waals surface area contributed by atoms with Crippen LogP contribution in [0.3, 0.4) is 0 Å². The number of hydrogen-bond donors (Lipinski definition) is 2. The van der Waals surface area contributed by atoms with E-state index in [-0.39, 0.29) is 11.8 Å². The van der Waals surface area contributed by atoms with E-state index in [2.05, 4.69) is 10.6 Å². The van der Waals surface area contributed by atoms with Gasteiger partial charge in [0.1, 0.15) is 12.4 Å². The van der Waals surface area contributed by atoms with E-state index in [1.54, 1.807) is 0 Å². The Morgan fingerprint density at radius 1 is 1.03 bits per heavy atom. The first-order valence-corrected chi connectivity index (χ1v) is 10.6. The molecule has 4 nitrogen and oxygen atoms in total. The molecule has 1 heterocycles. The van der Waals surface area contributed by atoms with Gasteiger partial charge in [-0.2, -0.15) is 0 Å². The maximum Gasteiger partial charge on any atom is 0.193 e. The van der Waals surface area contributed by atoms with Gasteiger partial charge in [-0.3, -0.25) is 4.79 Å². The quantitative estimate of drug-likeness (QED) is 0.380. The number of hydrogen-bond acceptors (Lipinski definition) is 3. The molecule has 0 fully saturated rings. The van der Waals surface area contributed by atoms with Gasteiger partial charge >= 0.3 is 0 Å². The van der Waals surface area contributed by atoms with Crippen LogP contribution >= 0.6 is 23.8 Å². The van der Waals surface area contributed by atoms with Crippen molar-refractivity contribution in [1.82, 2.24) is 10.6 Å². The number of halogens is 1. The summed E-state index contributed by atoms with van der Waals surface area (Å²) in [4.78, 5) is 13.2. The molecule has 1 unspecified atom stereocenters. The summed E-state index contributed by atoms with van der Waals surface area (Å²) < 4.78 is 5.88. The Morgan fingerprint density at radius 3 is 2.48 bits per heavy atom. The zero-order valence-electron chi connectivity index (χ0n) is 16.9. The molecular weight excluding hydrogens is 428 g/mol. The third kappa shape index (κ3) is 4.95. The lowest BCUT2D eigenvalue weighted by Gasteiger charge is -2.30. The van der Waals surface area contributed by atoms with E-state index in [1.165, 1.54) is 0 Å². The zero-order valence-corrected chi connectivity index (χ0v) is 18.5. The fourth-order valence-electron chi connectivity index (χ4n) is 3.54. The average Bonchev–Trinajstić information content (AvgIpc) is 2.78. The molecule has 0 saturated carbocycles. The topological polar surface area (TPSA) is 50.4 Å². The Morgan fingerprint density at radius 2 is 1.77 bits per heavy atom. The van der Waals surface area contributed by atoms with Crippen molar-refractivity contribution in [3.63, 3.8) is 0 Å². The molecule has 4 rings (SSSR count). The van der Waals surface area contributed by atoms with Crippen LogP contribution in [0.4, 0.5) is 0 Å². The minimum Gasteiger partial charge on any atom is -0.489 e. The van der Waals surface area contributed by atoms with Crippen molar-refractivity contribution in [1.29, 1.82) is 0 Å². The van der Waals surface area contributed by atoms with Gasteiger partial charge in [0.05, 0.1) is 6.04 Å². The van der Waals surface area contributed by atoms with Crippen LogP contribution in [0.2, 0.25) is 5.02 Å². The third-order valence-corrected chi connectivity index (χ3v) is 5.51. The standard InChI is InChI=1S/C25H21ClN2O2S/c1-16-22(24(29)19-7-3-2-4-8-19)23(28-25(31)27-16)18-10-12-21(13-11-18)30-15-17-6-5-9-20(26)14-17/h2-14,23H,15H2,1H3,(H2,27,28,31). The Hall–Kier alpha value is -3.15. The number of Topliss-reactive ketones (excluding diaryl/α,β-unsaturated/α-hetero) is 1. The highest BCUT2D eigenvalue weighted by atomic mass is 35.5.